The molecule has 0 unspecified atom stereocenters. The number of hydrogen-bond acceptors (Lipinski definition) is 5. The molecule has 1 saturated heterocycles. The highest BCUT2D eigenvalue weighted by molar-refractivity contribution is 5.92. The largest absolute Gasteiger partial charge is 0.465 e. The first-order valence-electron chi connectivity index (χ1n) is 9.30. The molecule has 0 bridgehead atoms. The monoisotopic (exact) mass is 377 g/mol. The molecule has 0 spiro atoms. The quantitative estimate of drug-likeness (QED) is 0.582. The summed E-state index contributed by atoms with van der Waals surface area (Å²) in [5.41, 5.74) is 0.128. The molecule has 0 atom stereocenters. The number of carbonyl (C=O) groups is 3. The molecule has 0 aromatic heterocycles. The number of allylic oxidation sites excluding steroid dienone is 3. The van der Waals surface area contributed by atoms with Gasteiger partial charge in [-0.15, -0.1) is 0 Å². The van der Waals surface area contributed by atoms with Gasteiger partial charge in [0.2, 0.25) is 12.3 Å². The van der Waals surface area contributed by atoms with Crippen molar-refractivity contribution in [2.45, 2.75) is 38.6 Å². The van der Waals surface area contributed by atoms with Crippen molar-refractivity contribution in [3.05, 3.63) is 35.6 Å². The normalized spacial score (nSPS) is 18.0. The standard InChI is InChI=1S/C18H25N3O4.C2H6/c1-20(2)17(24)18(9-11-19-12-10-18)21(13-22)15-6-4-5-14(7-8-15)16(23)25-3;1-2/h5-8,13,19H,4,9-12H2,1-3H3;1-2H3. The zero-order valence-electron chi connectivity index (χ0n) is 16.9. The molecule has 1 N–H and O–H groups in total. The predicted molar refractivity (Wildman–Crippen MR) is 105 cm³/mol. The van der Waals surface area contributed by atoms with Gasteiger partial charge in [0.1, 0.15) is 5.54 Å². The Kier molecular flexibility index (Phi) is 8.94. The molecule has 1 fully saturated rings. The Morgan fingerprint density at radius 2 is 1.78 bits per heavy atom. The number of carbonyl (C=O) groups excluding carboxylic acids is 3. The van der Waals surface area contributed by atoms with Crippen LogP contribution >= 0.6 is 0 Å². The van der Waals surface area contributed by atoms with Crippen LogP contribution in [0.3, 0.4) is 0 Å². The minimum Gasteiger partial charge on any atom is -0.465 e. The predicted octanol–water partition coefficient (Wildman–Crippen LogP) is 1.62. The Balaban J connectivity index is 0.00000176. The van der Waals surface area contributed by atoms with Crippen LogP contribution in [-0.4, -0.2) is 67.9 Å². The maximum Gasteiger partial charge on any atom is 0.337 e. The van der Waals surface area contributed by atoms with Crippen LogP contribution in [0, 0.1) is 0 Å². The molecule has 150 valence electrons. The van der Waals surface area contributed by atoms with Crippen molar-refractivity contribution >= 4 is 18.3 Å². The minimum absolute atomic E-state index is 0.0965. The lowest BCUT2D eigenvalue weighted by atomic mass is 9.84. The topological polar surface area (TPSA) is 79.0 Å². The number of esters is 1. The molecule has 0 aromatic carbocycles. The smallest absolute Gasteiger partial charge is 0.337 e. The van der Waals surface area contributed by atoms with Crippen LogP contribution in [0.5, 0.6) is 0 Å². The maximum atomic E-state index is 12.9. The van der Waals surface area contributed by atoms with Crippen molar-refractivity contribution in [2.75, 3.05) is 34.3 Å². The van der Waals surface area contributed by atoms with E-state index in [1.165, 1.54) is 16.9 Å². The fraction of sp³-hybridized carbons (Fsp3) is 0.550. The lowest BCUT2D eigenvalue weighted by molar-refractivity contribution is -0.146. The number of piperidine rings is 1. The number of ether oxygens (including phenoxy) is 1. The van der Waals surface area contributed by atoms with E-state index in [1.54, 1.807) is 32.3 Å². The highest BCUT2D eigenvalue weighted by Crippen LogP contribution is 2.32. The Labute approximate surface area is 161 Å². The second-order valence-electron chi connectivity index (χ2n) is 6.31. The average molecular weight is 377 g/mol. The molecule has 0 saturated carbocycles. The van der Waals surface area contributed by atoms with Crippen LogP contribution in [0.1, 0.15) is 33.1 Å². The average Bonchev–Trinajstić information content (AvgIpc) is 2.95. The minimum atomic E-state index is -0.914. The van der Waals surface area contributed by atoms with Gasteiger partial charge in [-0.25, -0.2) is 4.79 Å². The summed E-state index contributed by atoms with van der Waals surface area (Å²) in [4.78, 5) is 39.7. The number of methoxy groups -OCH3 is 1. The van der Waals surface area contributed by atoms with Crippen LogP contribution in [0.15, 0.2) is 35.6 Å². The Morgan fingerprint density at radius 1 is 1.15 bits per heavy atom. The summed E-state index contributed by atoms with van der Waals surface area (Å²) in [6, 6.07) is 0. The summed E-state index contributed by atoms with van der Waals surface area (Å²) < 4.78 is 4.74. The lowest BCUT2D eigenvalue weighted by Gasteiger charge is -2.45. The molecule has 1 aliphatic carbocycles. The molecule has 7 heteroatoms. The molecule has 27 heavy (non-hydrogen) atoms. The Morgan fingerprint density at radius 3 is 2.30 bits per heavy atom. The van der Waals surface area contributed by atoms with Gasteiger partial charge in [-0.05, 0) is 44.5 Å². The van der Waals surface area contributed by atoms with Crippen molar-refractivity contribution in [3.63, 3.8) is 0 Å². The van der Waals surface area contributed by atoms with Crippen molar-refractivity contribution in [1.82, 2.24) is 15.1 Å². The van der Waals surface area contributed by atoms with E-state index in [0.717, 1.165) is 0 Å². The first-order valence-corrected chi connectivity index (χ1v) is 9.30. The molecule has 2 amide bonds. The number of amides is 2. The molecule has 2 rings (SSSR count). The van der Waals surface area contributed by atoms with Gasteiger partial charge < -0.3 is 15.0 Å². The molecule has 1 heterocycles. The zero-order chi connectivity index (χ0) is 20.4. The summed E-state index contributed by atoms with van der Waals surface area (Å²) >= 11 is 0. The molecule has 7 nitrogen and oxygen atoms in total. The van der Waals surface area contributed by atoms with E-state index in [2.05, 4.69) is 5.32 Å². The van der Waals surface area contributed by atoms with Gasteiger partial charge in [-0.3, -0.25) is 14.5 Å². The second-order valence-corrected chi connectivity index (χ2v) is 6.31. The van der Waals surface area contributed by atoms with Crippen molar-refractivity contribution in [2.24, 2.45) is 0 Å². The third kappa shape index (κ3) is 5.07. The Bertz CT molecular complexity index is 629. The zero-order valence-corrected chi connectivity index (χ0v) is 16.9. The third-order valence-corrected chi connectivity index (χ3v) is 4.60. The van der Waals surface area contributed by atoms with Gasteiger partial charge in [0.15, 0.2) is 0 Å². The highest BCUT2D eigenvalue weighted by atomic mass is 16.5. The van der Waals surface area contributed by atoms with E-state index in [9.17, 15) is 14.4 Å². The van der Waals surface area contributed by atoms with E-state index in [4.69, 9.17) is 4.74 Å². The van der Waals surface area contributed by atoms with Crippen LogP contribution < -0.4 is 5.32 Å². The van der Waals surface area contributed by atoms with Gasteiger partial charge >= 0.3 is 5.97 Å². The Hall–Kier alpha value is -2.41. The number of nitrogens with one attached hydrogen (secondary N) is 1. The van der Waals surface area contributed by atoms with Crippen molar-refractivity contribution in [3.8, 4) is 0 Å². The highest BCUT2D eigenvalue weighted by Gasteiger charge is 2.46. The number of rotatable bonds is 5. The fourth-order valence-corrected chi connectivity index (χ4v) is 3.29. The summed E-state index contributed by atoms with van der Waals surface area (Å²) in [5.74, 6) is -0.523. The van der Waals surface area contributed by atoms with Gasteiger partial charge in [-0.1, -0.05) is 26.0 Å². The van der Waals surface area contributed by atoms with Crippen LogP contribution in [0.2, 0.25) is 0 Å². The molecule has 0 aromatic rings. The van der Waals surface area contributed by atoms with E-state index in [-0.39, 0.29) is 5.91 Å². The summed E-state index contributed by atoms with van der Waals surface area (Å²) in [6.45, 7) is 5.32. The van der Waals surface area contributed by atoms with Gasteiger partial charge in [0, 0.05) is 19.8 Å². The second kappa shape index (κ2) is 10.7. The summed E-state index contributed by atoms with van der Waals surface area (Å²) in [6.07, 6.45) is 9.14. The van der Waals surface area contributed by atoms with Crippen LogP contribution in [0.25, 0.3) is 0 Å². The fourth-order valence-electron chi connectivity index (χ4n) is 3.29. The number of nitrogens with zero attached hydrogens (tertiary/aromatic N) is 2. The molecular formula is C20H31N3O4. The summed E-state index contributed by atoms with van der Waals surface area (Å²) in [7, 11) is 4.72. The first kappa shape index (κ1) is 22.6. The van der Waals surface area contributed by atoms with E-state index >= 15 is 0 Å². The molecular weight excluding hydrogens is 346 g/mol. The maximum absolute atomic E-state index is 12.9. The van der Waals surface area contributed by atoms with Crippen molar-refractivity contribution in [1.29, 1.82) is 0 Å². The molecule has 0 radical (unpaired) electrons. The molecule has 2 aliphatic rings. The van der Waals surface area contributed by atoms with Crippen LogP contribution in [-0.2, 0) is 19.1 Å². The third-order valence-electron chi connectivity index (χ3n) is 4.60. The first-order chi connectivity index (χ1) is 13.0. The molecule has 1 aliphatic heterocycles. The SMILES string of the molecule is CC.COC(=O)C1=CCC=C(N(C=O)C2(C(=O)N(C)C)CCNCC2)C=C1. The number of likely N-dealkylation sites (N-methyl/N-ethyl adjacent to an activating group) is 1. The van der Waals surface area contributed by atoms with Gasteiger partial charge in [0.05, 0.1) is 12.7 Å². The number of hydrogen-bond donors (Lipinski definition) is 1. The lowest BCUT2D eigenvalue weighted by Crippen LogP contribution is -2.61. The van der Waals surface area contributed by atoms with E-state index in [0.29, 0.717) is 50.0 Å². The van der Waals surface area contributed by atoms with E-state index < -0.39 is 11.5 Å². The van der Waals surface area contributed by atoms with Gasteiger partial charge in [-0.2, -0.15) is 0 Å². The van der Waals surface area contributed by atoms with Gasteiger partial charge in [0.25, 0.3) is 0 Å². The van der Waals surface area contributed by atoms with Crippen molar-refractivity contribution < 1.29 is 19.1 Å². The van der Waals surface area contributed by atoms with E-state index in [1.807, 2.05) is 19.9 Å². The van der Waals surface area contributed by atoms with Crippen LogP contribution in [0.4, 0.5) is 0 Å². The summed E-state index contributed by atoms with van der Waals surface area (Å²) in [5, 5.41) is 3.23.